The van der Waals surface area contributed by atoms with Gasteiger partial charge in [0.25, 0.3) is 0 Å². The van der Waals surface area contributed by atoms with Gasteiger partial charge in [-0.3, -0.25) is 4.99 Å². The molecule has 27 heavy (non-hydrogen) atoms. The third-order valence-electron chi connectivity index (χ3n) is 5.85. The Hall–Kier alpha value is -1.50. The van der Waals surface area contributed by atoms with E-state index in [9.17, 15) is 4.79 Å². The van der Waals surface area contributed by atoms with Crippen LogP contribution in [0.25, 0.3) is 0 Å². The highest BCUT2D eigenvalue weighted by Crippen LogP contribution is 2.21. The first kappa shape index (κ1) is 20.2. The second-order valence-electron chi connectivity index (χ2n) is 9.03. The van der Waals surface area contributed by atoms with Crippen molar-refractivity contribution in [3.8, 4) is 0 Å². The summed E-state index contributed by atoms with van der Waals surface area (Å²) in [4.78, 5) is 23.7. The first-order chi connectivity index (χ1) is 12.9. The van der Waals surface area contributed by atoms with E-state index in [1.54, 1.807) is 0 Å². The van der Waals surface area contributed by atoms with Crippen molar-refractivity contribution in [1.82, 2.24) is 20.0 Å². The van der Waals surface area contributed by atoms with Crippen LogP contribution in [0.4, 0.5) is 4.79 Å². The molecule has 0 bridgehead atoms. The monoisotopic (exact) mass is 379 g/mol. The number of aliphatic imine (C=N–C) groups is 1. The minimum absolute atomic E-state index is 0.206. The number of nitrogens with one attached hydrogen (secondary N) is 1. The quantitative estimate of drug-likeness (QED) is 0.809. The number of carbonyl (C=O) groups is 1. The minimum Gasteiger partial charge on any atom is -0.444 e. The molecule has 3 aliphatic heterocycles. The van der Waals surface area contributed by atoms with Crippen LogP contribution in [0.2, 0.25) is 0 Å². The van der Waals surface area contributed by atoms with Crippen molar-refractivity contribution in [2.24, 2.45) is 10.9 Å². The molecule has 3 aliphatic rings. The fourth-order valence-corrected chi connectivity index (χ4v) is 4.20. The van der Waals surface area contributed by atoms with Crippen molar-refractivity contribution in [3.63, 3.8) is 0 Å². The van der Waals surface area contributed by atoms with Gasteiger partial charge in [0.2, 0.25) is 0 Å². The molecule has 0 aromatic carbocycles. The maximum Gasteiger partial charge on any atom is 0.410 e. The van der Waals surface area contributed by atoms with Crippen LogP contribution in [-0.2, 0) is 4.74 Å². The molecule has 3 rings (SSSR count). The SMILES string of the molecule is CCN1CCC(CCNC2=NCC3CN(C(=O)OC(C)(C)C)CCN23)CC1. The number of rotatable bonds is 4. The zero-order valence-corrected chi connectivity index (χ0v) is 17.5. The summed E-state index contributed by atoms with van der Waals surface area (Å²) in [7, 11) is 0. The van der Waals surface area contributed by atoms with Crippen LogP contribution in [0.3, 0.4) is 0 Å². The van der Waals surface area contributed by atoms with Crippen molar-refractivity contribution in [1.29, 1.82) is 0 Å². The van der Waals surface area contributed by atoms with Gasteiger partial charge in [0.15, 0.2) is 5.96 Å². The number of hydrogen-bond donors (Lipinski definition) is 1. The molecule has 1 N–H and O–H groups in total. The van der Waals surface area contributed by atoms with E-state index >= 15 is 0 Å². The lowest BCUT2D eigenvalue weighted by Gasteiger charge is -2.39. The zero-order chi connectivity index (χ0) is 19.4. The molecule has 154 valence electrons. The summed E-state index contributed by atoms with van der Waals surface area (Å²) in [5.74, 6) is 1.86. The van der Waals surface area contributed by atoms with Gasteiger partial charge in [-0.05, 0) is 65.6 Å². The summed E-state index contributed by atoms with van der Waals surface area (Å²) in [5, 5.41) is 3.56. The Morgan fingerprint density at radius 3 is 2.63 bits per heavy atom. The Labute approximate surface area is 164 Å². The number of nitrogens with zero attached hydrogens (tertiary/aromatic N) is 4. The third kappa shape index (κ3) is 5.50. The number of guanidine groups is 1. The van der Waals surface area contributed by atoms with E-state index in [1.165, 1.54) is 38.9 Å². The molecule has 0 aromatic rings. The molecule has 1 atom stereocenters. The van der Waals surface area contributed by atoms with Crippen LogP contribution in [0.1, 0.15) is 47.0 Å². The van der Waals surface area contributed by atoms with E-state index in [1.807, 2.05) is 25.7 Å². The summed E-state index contributed by atoms with van der Waals surface area (Å²) >= 11 is 0. The van der Waals surface area contributed by atoms with Gasteiger partial charge < -0.3 is 24.8 Å². The number of hydrogen-bond acceptors (Lipinski definition) is 6. The van der Waals surface area contributed by atoms with Crippen LogP contribution in [0.5, 0.6) is 0 Å². The molecule has 0 saturated carbocycles. The first-order valence-electron chi connectivity index (χ1n) is 10.6. The molecule has 0 radical (unpaired) electrons. The van der Waals surface area contributed by atoms with Crippen LogP contribution in [0, 0.1) is 5.92 Å². The summed E-state index contributed by atoms with van der Waals surface area (Å²) in [6.07, 6.45) is 3.65. The summed E-state index contributed by atoms with van der Waals surface area (Å²) in [6, 6.07) is 0.279. The Morgan fingerprint density at radius 1 is 1.22 bits per heavy atom. The van der Waals surface area contributed by atoms with E-state index < -0.39 is 5.60 Å². The lowest BCUT2D eigenvalue weighted by atomic mass is 9.93. The summed E-state index contributed by atoms with van der Waals surface area (Å²) in [5.41, 5.74) is -0.444. The number of fused-ring (bicyclic) bond motifs is 1. The normalized spacial score (nSPS) is 24.6. The molecule has 3 heterocycles. The molecule has 7 heteroatoms. The predicted octanol–water partition coefficient (Wildman–Crippen LogP) is 1.99. The molecule has 7 nitrogen and oxygen atoms in total. The van der Waals surface area contributed by atoms with Gasteiger partial charge in [-0.2, -0.15) is 0 Å². The molecule has 0 spiro atoms. The van der Waals surface area contributed by atoms with Gasteiger partial charge in [0, 0.05) is 26.2 Å². The maximum atomic E-state index is 12.3. The average Bonchev–Trinajstić information content (AvgIpc) is 3.03. The molecule has 0 aliphatic carbocycles. The van der Waals surface area contributed by atoms with Gasteiger partial charge in [-0.1, -0.05) is 6.92 Å². The van der Waals surface area contributed by atoms with Crippen molar-refractivity contribution in [3.05, 3.63) is 0 Å². The lowest BCUT2D eigenvalue weighted by Crippen LogP contribution is -2.57. The second kappa shape index (κ2) is 8.67. The van der Waals surface area contributed by atoms with E-state index in [2.05, 4.69) is 22.0 Å². The highest BCUT2D eigenvalue weighted by molar-refractivity contribution is 5.82. The topological polar surface area (TPSA) is 60.4 Å². The van der Waals surface area contributed by atoms with Crippen LogP contribution < -0.4 is 5.32 Å². The Morgan fingerprint density at radius 2 is 1.96 bits per heavy atom. The van der Waals surface area contributed by atoms with Crippen LogP contribution >= 0.6 is 0 Å². The van der Waals surface area contributed by atoms with Gasteiger partial charge in [0.1, 0.15) is 5.60 Å². The van der Waals surface area contributed by atoms with Gasteiger partial charge in [-0.15, -0.1) is 0 Å². The number of amides is 1. The summed E-state index contributed by atoms with van der Waals surface area (Å²) < 4.78 is 5.51. The zero-order valence-electron chi connectivity index (χ0n) is 17.5. The van der Waals surface area contributed by atoms with E-state index in [-0.39, 0.29) is 12.1 Å². The largest absolute Gasteiger partial charge is 0.444 e. The van der Waals surface area contributed by atoms with Crippen LogP contribution in [0.15, 0.2) is 4.99 Å². The third-order valence-corrected chi connectivity index (χ3v) is 5.85. The molecular weight excluding hydrogens is 342 g/mol. The molecule has 1 amide bonds. The Bertz CT molecular complexity index is 537. The van der Waals surface area contributed by atoms with Crippen molar-refractivity contribution in [2.45, 2.75) is 58.6 Å². The molecule has 0 aromatic heterocycles. The smallest absolute Gasteiger partial charge is 0.410 e. The van der Waals surface area contributed by atoms with Gasteiger partial charge >= 0.3 is 6.09 Å². The summed E-state index contributed by atoms with van der Waals surface area (Å²) in [6.45, 7) is 15.6. The van der Waals surface area contributed by atoms with Crippen LogP contribution in [-0.4, -0.2) is 90.8 Å². The number of carbonyl (C=O) groups excluding carboxylic acids is 1. The number of ether oxygens (including phenoxy) is 1. The Balaban J connectivity index is 1.38. The fourth-order valence-electron chi connectivity index (χ4n) is 4.20. The molecule has 2 fully saturated rings. The molecule has 1 unspecified atom stereocenters. The number of piperidine rings is 1. The van der Waals surface area contributed by atoms with E-state index in [0.29, 0.717) is 13.1 Å². The number of likely N-dealkylation sites (tertiary alicyclic amines) is 1. The maximum absolute atomic E-state index is 12.3. The fraction of sp³-hybridized carbons (Fsp3) is 0.900. The van der Waals surface area contributed by atoms with Crippen molar-refractivity contribution >= 4 is 12.1 Å². The molecule has 2 saturated heterocycles. The van der Waals surface area contributed by atoms with Gasteiger partial charge in [0.05, 0.1) is 12.6 Å². The average molecular weight is 380 g/mol. The predicted molar refractivity (Wildman–Crippen MR) is 108 cm³/mol. The number of piperazine rings is 1. The highest BCUT2D eigenvalue weighted by Gasteiger charge is 2.36. The first-order valence-corrected chi connectivity index (χ1v) is 10.6. The van der Waals surface area contributed by atoms with E-state index in [4.69, 9.17) is 9.73 Å². The minimum atomic E-state index is -0.444. The standard InChI is InChI=1S/C20H37N5O2/c1-5-23-10-7-16(8-11-23)6-9-21-18-22-14-17-15-24(12-13-25(17)18)19(26)27-20(2,3)4/h16-17H,5-15H2,1-4H3,(H,21,22). The van der Waals surface area contributed by atoms with Gasteiger partial charge in [-0.25, -0.2) is 4.79 Å². The Kier molecular flexibility index (Phi) is 6.50. The van der Waals surface area contributed by atoms with Crippen molar-refractivity contribution in [2.75, 3.05) is 52.4 Å². The molecular formula is C20H37N5O2. The second-order valence-corrected chi connectivity index (χ2v) is 9.03. The van der Waals surface area contributed by atoms with E-state index in [0.717, 1.165) is 31.5 Å². The lowest BCUT2D eigenvalue weighted by molar-refractivity contribution is 0.0137. The highest BCUT2D eigenvalue weighted by atomic mass is 16.6. The van der Waals surface area contributed by atoms with Crippen molar-refractivity contribution < 1.29 is 9.53 Å².